The summed E-state index contributed by atoms with van der Waals surface area (Å²) in [7, 11) is 0. The summed E-state index contributed by atoms with van der Waals surface area (Å²) in [6, 6.07) is 3.07. The molecule has 0 aliphatic heterocycles. The summed E-state index contributed by atoms with van der Waals surface area (Å²) in [4.78, 5) is 7.56. The number of nitrogens with one attached hydrogen (secondary N) is 1. The average molecular weight is 209 g/mol. The lowest BCUT2D eigenvalue weighted by Crippen LogP contribution is -2.00. The molecule has 2 heterocycles. The van der Waals surface area contributed by atoms with Gasteiger partial charge >= 0.3 is 0 Å². The maximum absolute atomic E-state index is 12.7. The van der Waals surface area contributed by atoms with Gasteiger partial charge in [0.15, 0.2) is 0 Å². The molecule has 2 rings (SSSR count). The average Bonchev–Trinajstić information content (AvgIpc) is 2.67. The van der Waals surface area contributed by atoms with Crippen molar-refractivity contribution in [2.75, 3.05) is 5.32 Å². The molecular formula is C9H8FN3S. The Kier molecular flexibility index (Phi) is 2.69. The Balaban J connectivity index is 1.98. The van der Waals surface area contributed by atoms with E-state index < -0.39 is 5.95 Å². The normalized spacial score (nSPS) is 10.1. The van der Waals surface area contributed by atoms with Crippen LogP contribution in [0.1, 0.15) is 5.69 Å². The Labute approximate surface area is 84.6 Å². The minimum Gasteiger partial charge on any atom is -0.379 e. The second-order valence-electron chi connectivity index (χ2n) is 2.70. The van der Waals surface area contributed by atoms with Gasteiger partial charge in [-0.15, -0.1) is 11.3 Å². The topological polar surface area (TPSA) is 37.8 Å². The molecule has 72 valence electrons. The largest absolute Gasteiger partial charge is 0.379 e. The summed E-state index contributed by atoms with van der Waals surface area (Å²) in [5.74, 6) is -0.478. The van der Waals surface area contributed by atoms with Crippen LogP contribution in [0.4, 0.5) is 10.1 Å². The van der Waals surface area contributed by atoms with E-state index in [2.05, 4.69) is 15.3 Å². The molecule has 0 radical (unpaired) electrons. The number of hydrogen-bond donors (Lipinski definition) is 1. The number of hydrogen-bond acceptors (Lipinski definition) is 4. The highest BCUT2D eigenvalue weighted by atomic mass is 32.1. The molecule has 0 aromatic carbocycles. The zero-order chi connectivity index (χ0) is 9.80. The van der Waals surface area contributed by atoms with Crippen molar-refractivity contribution in [1.82, 2.24) is 9.97 Å². The van der Waals surface area contributed by atoms with Crippen LogP contribution in [0.15, 0.2) is 29.2 Å². The van der Waals surface area contributed by atoms with E-state index >= 15 is 0 Å². The smallest absolute Gasteiger partial charge is 0.214 e. The predicted octanol–water partition coefficient (Wildman–Crippen LogP) is 2.29. The predicted molar refractivity (Wildman–Crippen MR) is 53.6 cm³/mol. The summed E-state index contributed by atoms with van der Waals surface area (Å²) in [6.07, 6.45) is 1.43. The highest BCUT2D eigenvalue weighted by Crippen LogP contribution is 2.09. The van der Waals surface area contributed by atoms with Crippen molar-refractivity contribution in [3.8, 4) is 0 Å². The second-order valence-corrected chi connectivity index (χ2v) is 3.42. The molecule has 0 saturated heterocycles. The van der Waals surface area contributed by atoms with Crippen molar-refractivity contribution in [2.45, 2.75) is 6.54 Å². The molecule has 0 aliphatic rings. The van der Waals surface area contributed by atoms with E-state index in [1.165, 1.54) is 12.3 Å². The maximum Gasteiger partial charge on any atom is 0.214 e. The number of nitrogens with zero attached hydrogens (tertiary/aromatic N) is 2. The standard InChI is InChI=1S/C9H8FN3S/c10-9-3-7(1-2-11-9)12-4-8-5-14-6-13-8/h1-3,5-6H,4H2,(H,11,12). The Hall–Kier alpha value is -1.49. The van der Waals surface area contributed by atoms with Gasteiger partial charge in [-0.25, -0.2) is 9.97 Å². The van der Waals surface area contributed by atoms with E-state index in [1.54, 1.807) is 22.9 Å². The molecule has 0 saturated carbocycles. The fourth-order valence-corrected chi connectivity index (χ4v) is 1.59. The number of thiazole rings is 1. The first-order chi connectivity index (χ1) is 6.84. The van der Waals surface area contributed by atoms with Crippen LogP contribution in [0.3, 0.4) is 0 Å². The molecule has 0 spiro atoms. The minimum atomic E-state index is -0.478. The van der Waals surface area contributed by atoms with Gasteiger partial charge in [0.05, 0.1) is 17.7 Å². The van der Waals surface area contributed by atoms with Crippen molar-refractivity contribution in [3.05, 3.63) is 40.9 Å². The van der Waals surface area contributed by atoms with E-state index in [1.807, 2.05) is 5.38 Å². The van der Waals surface area contributed by atoms with Crippen molar-refractivity contribution >= 4 is 17.0 Å². The SMILES string of the molecule is Fc1cc(NCc2cscn2)ccn1. The molecule has 3 nitrogen and oxygen atoms in total. The third-order valence-corrected chi connectivity index (χ3v) is 2.32. The van der Waals surface area contributed by atoms with Crippen LogP contribution in [-0.4, -0.2) is 9.97 Å². The zero-order valence-corrected chi connectivity index (χ0v) is 8.09. The summed E-state index contributed by atoms with van der Waals surface area (Å²) >= 11 is 1.54. The van der Waals surface area contributed by atoms with E-state index in [9.17, 15) is 4.39 Å². The quantitative estimate of drug-likeness (QED) is 0.788. The maximum atomic E-state index is 12.7. The monoisotopic (exact) mass is 209 g/mol. The van der Waals surface area contributed by atoms with E-state index in [0.717, 1.165) is 5.69 Å². The van der Waals surface area contributed by atoms with Crippen LogP contribution in [0.5, 0.6) is 0 Å². The van der Waals surface area contributed by atoms with Gasteiger partial charge in [-0.1, -0.05) is 0 Å². The van der Waals surface area contributed by atoms with Gasteiger partial charge in [0.2, 0.25) is 5.95 Å². The summed E-state index contributed by atoms with van der Waals surface area (Å²) in [5.41, 5.74) is 3.43. The molecule has 0 atom stereocenters. The highest BCUT2D eigenvalue weighted by Gasteiger charge is 1.97. The number of pyridine rings is 1. The van der Waals surface area contributed by atoms with E-state index in [-0.39, 0.29) is 0 Å². The summed E-state index contributed by atoms with van der Waals surface area (Å²) in [6.45, 7) is 0.604. The molecule has 5 heteroatoms. The highest BCUT2D eigenvalue weighted by molar-refractivity contribution is 7.07. The lowest BCUT2D eigenvalue weighted by atomic mass is 10.4. The Bertz CT molecular complexity index is 402. The molecule has 1 N–H and O–H groups in total. The lowest BCUT2D eigenvalue weighted by molar-refractivity contribution is 0.584. The van der Waals surface area contributed by atoms with Crippen LogP contribution < -0.4 is 5.32 Å². The number of rotatable bonds is 3. The van der Waals surface area contributed by atoms with E-state index in [0.29, 0.717) is 12.2 Å². The number of halogens is 1. The summed E-state index contributed by atoms with van der Waals surface area (Å²) < 4.78 is 12.7. The van der Waals surface area contributed by atoms with Gasteiger partial charge in [0, 0.05) is 23.3 Å². The van der Waals surface area contributed by atoms with Crippen LogP contribution in [0.2, 0.25) is 0 Å². The number of anilines is 1. The van der Waals surface area contributed by atoms with Crippen LogP contribution in [0, 0.1) is 5.95 Å². The van der Waals surface area contributed by atoms with Gasteiger partial charge in [-0.2, -0.15) is 4.39 Å². The van der Waals surface area contributed by atoms with Crippen LogP contribution in [0.25, 0.3) is 0 Å². The van der Waals surface area contributed by atoms with Crippen molar-refractivity contribution < 1.29 is 4.39 Å². The van der Waals surface area contributed by atoms with Crippen LogP contribution >= 0.6 is 11.3 Å². The third-order valence-electron chi connectivity index (χ3n) is 1.68. The Morgan fingerprint density at radius 1 is 1.43 bits per heavy atom. The van der Waals surface area contributed by atoms with Gasteiger partial charge in [0.25, 0.3) is 0 Å². The molecule has 0 amide bonds. The Morgan fingerprint density at radius 2 is 2.36 bits per heavy atom. The molecule has 0 fully saturated rings. The first-order valence-corrected chi connectivity index (χ1v) is 5.01. The second kappa shape index (κ2) is 4.15. The zero-order valence-electron chi connectivity index (χ0n) is 7.27. The minimum absolute atomic E-state index is 0.478. The fraction of sp³-hybridized carbons (Fsp3) is 0.111. The molecule has 2 aromatic rings. The van der Waals surface area contributed by atoms with Gasteiger partial charge in [-0.3, -0.25) is 0 Å². The van der Waals surface area contributed by atoms with Gasteiger partial charge in [0.1, 0.15) is 0 Å². The lowest BCUT2D eigenvalue weighted by Gasteiger charge is -2.02. The summed E-state index contributed by atoms with van der Waals surface area (Å²) in [5, 5.41) is 5.00. The molecule has 2 aromatic heterocycles. The van der Waals surface area contributed by atoms with Gasteiger partial charge < -0.3 is 5.32 Å². The molecule has 14 heavy (non-hydrogen) atoms. The number of aromatic nitrogens is 2. The van der Waals surface area contributed by atoms with E-state index in [4.69, 9.17) is 0 Å². The molecular weight excluding hydrogens is 201 g/mol. The van der Waals surface area contributed by atoms with Crippen LogP contribution in [-0.2, 0) is 6.54 Å². The first-order valence-electron chi connectivity index (χ1n) is 4.07. The van der Waals surface area contributed by atoms with Gasteiger partial charge in [-0.05, 0) is 6.07 Å². The van der Waals surface area contributed by atoms with Crippen molar-refractivity contribution in [1.29, 1.82) is 0 Å². The molecule has 0 bridgehead atoms. The molecule has 0 aliphatic carbocycles. The third kappa shape index (κ3) is 2.26. The van der Waals surface area contributed by atoms with Crippen molar-refractivity contribution in [3.63, 3.8) is 0 Å². The first kappa shape index (κ1) is 9.08. The van der Waals surface area contributed by atoms with Crippen molar-refractivity contribution in [2.24, 2.45) is 0 Å². The molecule has 0 unspecified atom stereocenters. The fourth-order valence-electron chi connectivity index (χ4n) is 1.03. The Morgan fingerprint density at radius 3 is 3.07 bits per heavy atom.